The summed E-state index contributed by atoms with van der Waals surface area (Å²) in [4.78, 5) is 23.3. The molecule has 1 unspecified atom stereocenters. The fourth-order valence-corrected chi connectivity index (χ4v) is 2.03. The van der Waals surface area contributed by atoms with Crippen molar-refractivity contribution in [3.8, 4) is 0 Å². The van der Waals surface area contributed by atoms with Gasteiger partial charge >= 0.3 is 6.09 Å². The van der Waals surface area contributed by atoms with Crippen LogP contribution in [0.3, 0.4) is 0 Å². The van der Waals surface area contributed by atoms with Crippen molar-refractivity contribution in [3.63, 3.8) is 0 Å². The van der Waals surface area contributed by atoms with Gasteiger partial charge in [-0.2, -0.15) is 0 Å². The molecule has 1 N–H and O–H groups in total. The van der Waals surface area contributed by atoms with Crippen molar-refractivity contribution < 1.29 is 14.3 Å². The minimum Gasteiger partial charge on any atom is -0.444 e. The molecule has 4 nitrogen and oxygen atoms in total. The maximum atomic E-state index is 11.9. The fraction of sp³-hybridized carbons (Fsp3) is 0.467. The molecule has 0 fully saturated rings. The van der Waals surface area contributed by atoms with E-state index in [1.165, 1.54) is 0 Å². The van der Waals surface area contributed by atoms with Crippen LogP contribution in [0, 0.1) is 6.92 Å². The van der Waals surface area contributed by atoms with Crippen LogP contribution >= 0.6 is 11.6 Å². The molecule has 0 aliphatic carbocycles. The second-order valence-electron chi connectivity index (χ2n) is 5.93. The number of carbonyl (C=O) groups is 2. The van der Waals surface area contributed by atoms with Gasteiger partial charge in [0.2, 0.25) is 0 Å². The molecule has 0 radical (unpaired) electrons. The largest absolute Gasteiger partial charge is 0.444 e. The number of ether oxygens (including phenoxy) is 1. The molecular formula is C15H20ClNO3. The molecule has 0 spiro atoms. The molecule has 110 valence electrons. The van der Waals surface area contributed by atoms with Crippen LogP contribution in [-0.2, 0) is 15.1 Å². The Morgan fingerprint density at radius 1 is 1.30 bits per heavy atom. The quantitative estimate of drug-likeness (QED) is 0.868. The monoisotopic (exact) mass is 297 g/mol. The Kier molecular flexibility index (Phi) is 4.81. The number of rotatable bonds is 3. The molecule has 1 atom stereocenters. The predicted molar refractivity (Wildman–Crippen MR) is 79.0 cm³/mol. The van der Waals surface area contributed by atoms with Crippen molar-refractivity contribution in [2.75, 3.05) is 0 Å². The minimum absolute atomic E-state index is 0.418. The Balaban J connectivity index is 3.06. The molecule has 0 heterocycles. The van der Waals surface area contributed by atoms with Crippen LogP contribution in [0.1, 0.15) is 38.8 Å². The number of hydrogen-bond donors (Lipinski definition) is 1. The summed E-state index contributed by atoms with van der Waals surface area (Å²) >= 11 is 6.12. The summed E-state index contributed by atoms with van der Waals surface area (Å²) < 4.78 is 5.17. The van der Waals surface area contributed by atoms with Crippen molar-refractivity contribution >= 4 is 24.0 Å². The number of nitrogens with one attached hydrogen (secondary N) is 1. The number of amides is 1. The maximum Gasteiger partial charge on any atom is 0.408 e. The average molecular weight is 298 g/mol. The van der Waals surface area contributed by atoms with Crippen molar-refractivity contribution in [2.45, 2.75) is 45.8 Å². The van der Waals surface area contributed by atoms with E-state index in [1.807, 2.05) is 13.0 Å². The van der Waals surface area contributed by atoms with E-state index in [9.17, 15) is 9.59 Å². The molecule has 20 heavy (non-hydrogen) atoms. The molecular weight excluding hydrogens is 278 g/mol. The van der Waals surface area contributed by atoms with E-state index in [4.69, 9.17) is 16.3 Å². The van der Waals surface area contributed by atoms with Crippen LogP contribution in [0.25, 0.3) is 0 Å². The number of alkyl carbamates (subject to hydrolysis) is 1. The summed E-state index contributed by atoms with van der Waals surface area (Å²) in [6.45, 7) is 8.74. The van der Waals surface area contributed by atoms with Gasteiger partial charge in [-0.3, -0.25) is 0 Å². The molecule has 5 heteroatoms. The van der Waals surface area contributed by atoms with Gasteiger partial charge in [-0.15, -0.1) is 0 Å². The van der Waals surface area contributed by atoms with Crippen LogP contribution in [-0.4, -0.2) is 18.0 Å². The lowest BCUT2D eigenvalue weighted by Crippen LogP contribution is -2.47. The zero-order valence-electron chi connectivity index (χ0n) is 12.4. The van der Waals surface area contributed by atoms with E-state index in [0.29, 0.717) is 16.9 Å². The average Bonchev–Trinajstić information content (AvgIpc) is 2.29. The van der Waals surface area contributed by atoms with Gasteiger partial charge in [-0.05, 0) is 40.7 Å². The van der Waals surface area contributed by atoms with Gasteiger partial charge in [0.05, 0.1) is 0 Å². The molecule has 0 aliphatic heterocycles. The van der Waals surface area contributed by atoms with Crippen LogP contribution in [0.4, 0.5) is 4.79 Å². The Morgan fingerprint density at radius 2 is 1.90 bits per heavy atom. The summed E-state index contributed by atoms with van der Waals surface area (Å²) in [6.07, 6.45) is -0.0120. The van der Waals surface area contributed by atoms with E-state index in [1.54, 1.807) is 39.8 Å². The van der Waals surface area contributed by atoms with Gasteiger partial charge in [0, 0.05) is 10.6 Å². The van der Waals surface area contributed by atoms with Gasteiger partial charge in [0.1, 0.15) is 17.4 Å². The molecule has 1 rings (SSSR count). The molecule has 0 saturated carbocycles. The Morgan fingerprint density at radius 3 is 2.40 bits per heavy atom. The highest BCUT2D eigenvalue weighted by Gasteiger charge is 2.32. The second-order valence-corrected chi connectivity index (χ2v) is 6.34. The summed E-state index contributed by atoms with van der Waals surface area (Å²) in [5.74, 6) is 0. The van der Waals surface area contributed by atoms with E-state index >= 15 is 0 Å². The lowest BCUT2D eigenvalue weighted by Gasteiger charge is -2.28. The lowest BCUT2D eigenvalue weighted by atomic mass is 9.92. The van der Waals surface area contributed by atoms with E-state index in [-0.39, 0.29) is 0 Å². The van der Waals surface area contributed by atoms with Gasteiger partial charge < -0.3 is 14.8 Å². The smallest absolute Gasteiger partial charge is 0.408 e. The first-order valence-corrected chi connectivity index (χ1v) is 6.69. The maximum absolute atomic E-state index is 11.9. The first-order valence-electron chi connectivity index (χ1n) is 6.31. The molecule has 1 aromatic carbocycles. The normalized spacial score (nSPS) is 14.3. The first-order chi connectivity index (χ1) is 9.07. The van der Waals surface area contributed by atoms with Crippen molar-refractivity contribution in [1.82, 2.24) is 5.32 Å². The molecule has 1 amide bonds. The predicted octanol–water partition coefficient (Wildman–Crippen LogP) is 3.59. The number of halogens is 1. The molecule has 0 aromatic heterocycles. The highest BCUT2D eigenvalue weighted by atomic mass is 35.5. The number of aryl methyl sites for hydroxylation is 1. The summed E-state index contributed by atoms with van der Waals surface area (Å²) in [5, 5.41) is 2.99. The van der Waals surface area contributed by atoms with Crippen LogP contribution in [0.2, 0.25) is 5.02 Å². The molecule has 1 aromatic rings. The van der Waals surface area contributed by atoms with Crippen molar-refractivity contribution in [1.29, 1.82) is 0 Å². The topological polar surface area (TPSA) is 55.4 Å². The number of hydrogen-bond acceptors (Lipinski definition) is 3. The van der Waals surface area contributed by atoms with E-state index in [2.05, 4.69) is 5.32 Å². The van der Waals surface area contributed by atoms with Crippen LogP contribution in [0.15, 0.2) is 18.2 Å². The van der Waals surface area contributed by atoms with Gasteiger partial charge in [0.25, 0.3) is 0 Å². The van der Waals surface area contributed by atoms with Gasteiger partial charge in [-0.1, -0.05) is 29.3 Å². The fourth-order valence-electron chi connectivity index (χ4n) is 1.71. The number of carbonyl (C=O) groups excluding carboxylic acids is 2. The van der Waals surface area contributed by atoms with E-state index < -0.39 is 17.2 Å². The van der Waals surface area contributed by atoms with Gasteiger partial charge in [-0.25, -0.2) is 4.79 Å². The van der Waals surface area contributed by atoms with Gasteiger partial charge in [0.15, 0.2) is 0 Å². The molecule has 0 saturated heterocycles. The summed E-state index contributed by atoms with van der Waals surface area (Å²) in [7, 11) is 0. The molecule has 0 aliphatic rings. The SMILES string of the molecule is Cc1ccc(Cl)c(C(C)(C=O)NC(=O)OC(C)(C)C)c1. The Hall–Kier alpha value is -1.55. The first kappa shape index (κ1) is 16.5. The summed E-state index contributed by atoms with van der Waals surface area (Å²) in [6, 6.07) is 5.31. The zero-order valence-corrected chi connectivity index (χ0v) is 13.2. The number of aldehydes is 1. The van der Waals surface area contributed by atoms with E-state index in [0.717, 1.165) is 5.56 Å². The third-order valence-corrected chi connectivity index (χ3v) is 3.01. The third-order valence-electron chi connectivity index (χ3n) is 2.68. The van der Waals surface area contributed by atoms with Crippen molar-refractivity contribution in [3.05, 3.63) is 34.3 Å². The standard InChI is InChI=1S/C15H20ClNO3/c1-10-6-7-12(16)11(8-10)15(5,9-18)17-13(19)20-14(2,3)4/h6-9H,1-5H3,(H,17,19). The number of benzene rings is 1. The van der Waals surface area contributed by atoms with Crippen LogP contribution in [0.5, 0.6) is 0 Å². The Bertz CT molecular complexity index is 522. The van der Waals surface area contributed by atoms with Crippen LogP contribution < -0.4 is 5.32 Å². The third kappa shape index (κ3) is 4.23. The zero-order chi connectivity index (χ0) is 15.6. The highest BCUT2D eigenvalue weighted by Crippen LogP contribution is 2.28. The molecule has 0 bridgehead atoms. The Labute approximate surface area is 124 Å². The highest BCUT2D eigenvalue weighted by molar-refractivity contribution is 6.31. The minimum atomic E-state index is -1.23. The van der Waals surface area contributed by atoms with Crippen molar-refractivity contribution in [2.24, 2.45) is 0 Å². The summed E-state index contributed by atoms with van der Waals surface area (Å²) in [5.41, 5.74) is -0.376. The lowest BCUT2D eigenvalue weighted by molar-refractivity contribution is -0.113. The second kappa shape index (κ2) is 5.83.